The van der Waals surface area contributed by atoms with Crippen LogP contribution in [0.15, 0.2) is 0 Å². The molecule has 0 saturated heterocycles. The molecule has 0 radical (unpaired) electrons. The number of unbranched alkanes of at least 4 members (excludes halogenated alkanes) is 1. The normalized spacial score (nSPS) is 10.5. The second-order valence-corrected chi connectivity index (χ2v) is 4.90. The smallest absolute Gasteiger partial charge is 0.191 e. The minimum atomic E-state index is 0.194. The fourth-order valence-electron chi connectivity index (χ4n) is 0.536. The fraction of sp³-hybridized carbons (Fsp3) is 0.875. The van der Waals surface area contributed by atoms with Gasteiger partial charge in [-0.15, -0.1) is 0 Å². The zero-order chi connectivity index (χ0) is 8.69. The molecular weight excluding hydrogens is 271 g/mol. The van der Waals surface area contributed by atoms with Crippen molar-refractivity contribution in [2.24, 2.45) is 5.92 Å². The summed E-state index contributed by atoms with van der Waals surface area (Å²) in [6.45, 7) is 3.90. The lowest BCUT2D eigenvalue weighted by Crippen LogP contribution is -2.02. The van der Waals surface area contributed by atoms with Crippen LogP contribution < -0.4 is 0 Å². The number of carbonyl (C=O) groups is 1. The van der Waals surface area contributed by atoms with E-state index < -0.39 is 0 Å². The Kier molecular flexibility index (Phi) is 7.91. The molecule has 0 amide bonds. The van der Waals surface area contributed by atoms with Crippen molar-refractivity contribution >= 4 is 39.5 Å². The summed E-state index contributed by atoms with van der Waals surface area (Å²) in [4.78, 5) is 11.1. The van der Waals surface area contributed by atoms with E-state index in [-0.39, 0.29) is 5.92 Å². The molecule has 0 unspecified atom stereocenters. The van der Waals surface area contributed by atoms with E-state index >= 15 is 0 Å². The van der Waals surface area contributed by atoms with Crippen LogP contribution in [0.25, 0.3) is 0 Å². The van der Waals surface area contributed by atoms with Gasteiger partial charge in [0.05, 0.1) is 0 Å². The Bertz CT molecular complexity index is 115. The van der Waals surface area contributed by atoms with Gasteiger partial charge in [-0.2, -0.15) is 0 Å². The monoisotopic (exact) mass is 286 g/mol. The van der Waals surface area contributed by atoms with Crippen molar-refractivity contribution in [1.29, 1.82) is 0 Å². The summed E-state index contributed by atoms with van der Waals surface area (Å²) < 4.78 is 1.20. The first-order chi connectivity index (χ1) is 5.18. The van der Waals surface area contributed by atoms with Crippen LogP contribution in [-0.2, 0) is 4.79 Å². The number of hydrogen-bond acceptors (Lipinski definition) is 2. The molecule has 0 rings (SSSR count). The van der Waals surface area contributed by atoms with Crippen LogP contribution >= 0.6 is 34.4 Å². The van der Waals surface area contributed by atoms with Crippen LogP contribution in [0.1, 0.15) is 26.7 Å². The van der Waals surface area contributed by atoms with E-state index in [2.05, 4.69) is 22.6 Å². The van der Waals surface area contributed by atoms with E-state index in [1.165, 1.54) is 29.0 Å². The summed E-state index contributed by atoms with van der Waals surface area (Å²) in [5.74, 6) is 1.19. The minimum absolute atomic E-state index is 0.194. The van der Waals surface area contributed by atoms with Gasteiger partial charge in [-0.1, -0.05) is 48.2 Å². The SMILES string of the molecule is CC(C)C(=O)SCCCCI. The van der Waals surface area contributed by atoms with E-state index in [0.29, 0.717) is 5.12 Å². The topological polar surface area (TPSA) is 17.1 Å². The molecule has 0 heterocycles. The van der Waals surface area contributed by atoms with Crippen LogP contribution in [0.2, 0.25) is 0 Å². The van der Waals surface area contributed by atoms with Crippen molar-refractivity contribution in [3.05, 3.63) is 0 Å². The van der Waals surface area contributed by atoms with Crippen LogP contribution in [0.5, 0.6) is 0 Å². The maximum absolute atomic E-state index is 11.1. The van der Waals surface area contributed by atoms with Gasteiger partial charge in [0.2, 0.25) is 0 Å². The predicted molar refractivity (Wildman–Crippen MR) is 60.4 cm³/mol. The number of rotatable bonds is 5. The molecule has 0 saturated carbocycles. The minimum Gasteiger partial charge on any atom is -0.287 e. The Hall–Kier alpha value is 0.750. The van der Waals surface area contributed by atoms with Gasteiger partial charge >= 0.3 is 0 Å². The maximum atomic E-state index is 11.1. The second-order valence-electron chi connectivity index (χ2n) is 2.72. The molecule has 11 heavy (non-hydrogen) atoms. The molecule has 0 aliphatic heterocycles. The molecule has 0 bridgehead atoms. The number of hydrogen-bond donors (Lipinski definition) is 0. The van der Waals surface area contributed by atoms with E-state index in [1.807, 2.05) is 13.8 Å². The van der Waals surface area contributed by atoms with Crippen LogP contribution in [0.4, 0.5) is 0 Å². The molecule has 0 atom stereocenters. The van der Waals surface area contributed by atoms with Crippen LogP contribution in [0, 0.1) is 5.92 Å². The molecule has 0 aliphatic rings. The molecule has 0 spiro atoms. The predicted octanol–water partition coefficient (Wildman–Crippen LogP) is 3.12. The highest BCUT2D eigenvalue weighted by Crippen LogP contribution is 2.12. The quantitative estimate of drug-likeness (QED) is 0.439. The third-order valence-electron chi connectivity index (χ3n) is 1.24. The fourth-order valence-corrected chi connectivity index (χ4v) is 1.96. The Morgan fingerprint density at radius 2 is 2.09 bits per heavy atom. The standard InChI is InChI=1S/C8H15IOS/c1-7(2)8(10)11-6-4-3-5-9/h7H,3-6H2,1-2H3. The summed E-state index contributed by atoms with van der Waals surface area (Å²) in [7, 11) is 0. The summed E-state index contributed by atoms with van der Waals surface area (Å²) in [5.41, 5.74) is 0. The van der Waals surface area contributed by atoms with Gasteiger partial charge < -0.3 is 0 Å². The van der Waals surface area contributed by atoms with E-state index in [4.69, 9.17) is 0 Å². The summed E-state index contributed by atoms with van der Waals surface area (Å²) >= 11 is 3.85. The third kappa shape index (κ3) is 7.12. The Balaban J connectivity index is 3.18. The number of alkyl halides is 1. The first kappa shape index (κ1) is 11.8. The summed E-state index contributed by atoms with van der Waals surface area (Å²) in [5, 5.41) is 0.332. The van der Waals surface area contributed by atoms with Crippen LogP contribution in [-0.4, -0.2) is 15.3 Å². The van der Waals surface area contributed by atoms with Gasteiger partial charge in [0.15, 0.2) is 5.12 Å². The number of halogens is 1. The zero-order valence-electron chi connectivity index (χ0n) is 7.10. The molecule has 0 aromatic carbocycles. The van der Waals surface area contributed by atoms with E-state index in [1.54, 1.807) is 0 Å². The van der Waals surface area contributed by atoms with Gasteiger partial charge in [-0.25, -0.2) is 0 Å². The van der Waals surface area contributed by atoms with Crippen LogP contribution in [0.3, 0.4) is 0 Å². The Morgan fingerprint density at radius 3 is 2.55 bits per heavy atom. The first-order valence-electron chi connectivity index (χ1n) is 3.91. The molecule has 0 fully saturated rings. The van der Waals surface area contributed by atoms with Crippen molar-refractivity contribution < 1.29 is 4.79 Å². The summed E-state index contributed by atoms with van der Waals surface area (Å²) in [6.07, 6.45) is 2.41. The van der Waals surface area contributed by atoms with Gasteiger partial charge in [-0.05, 0) is 17.3 Å². The largest absolute Gasteiger partial charge is 0.287 e. The molecule has 0 aromatic rings. The Labute approximate surface area is 86.8 Å². The molecule has 3 heteroatoms. The lowest BCUT2D eigenvalue weighted by Gasteiger charge is -2.01. The highest BCUT2D eigenvalue weighted by molar-refractivity contribution is 14.1. The average molecular weight is 286 g/mol. The number of carbonyl (C=O) groups excluding carboxylic acids is 1. The van der Waals surface area contributed by atoms with Crippen molar-refractivity contribution in [2.75, 3.05) is 10.2 Å². The van der Waals surface area contributed by atoms with Gasteiger partial charge in [0.1, 0.15) is 0 Å². The average Bonchev–Trinajstić information content (AvgIpc) is 1.97. The summed E-state index contributed by atoms with van der Waals surface area (Å²) in [6, 6.07) is 0. The number of thioether (sulfide) groups is 1. The first-order valence-corrected chi connectivity index (χ1v) is 6.42. The molecular formula is C8H15IOS. The third-order valence-corrected chi connectivity index (χ3v) is 3.26. The lowest BCUT2D eigenvalue weighted by molar-refractivity contribution is -0.113. The Morgan fingerprint density at radius 1 is 1.45 bits per heavy atom. The van der Waals surface area contributed by atoms with Gasteiger partial charge in [-0.3, -0.25) is 4.79 Å². The molecule has 0 aromatic heterocycles. The molecule has 0 N–H and O–H groups in total. The van der Waals surface area contributed by atoms with E-state index in [0.717, 1.165) is 5.75 Å². The van der Waals surface area contributed by atoms with Gasteiger partial charge in [0.25, 0.3) is 0 Å². The zero-order valence-corrected chi connectivity index (χ0v) is 10.1. The van der Waals surface area contributed by atoms with E-state index in [9.17, 15) is 4.79 Å². The highest BCUT2D eigenvalue weighted by atomic mass is 127. The lowest BCUT2D eigenvalue weighted by atomic mass is 10.3. The second kappa shape index (κ2) is 7.40. The molecule has 66 valence electrons. The van der Waals surface area contributed by atoms with Crippen molar-refractivity contribution in [3.63, 3.8) is 0 Å². The highest BCUT2D eigenvalue weighted by Gasteiger charge is 2.06. The molecule has 1 nitrogen and oxygen atoms in total. The maximum Gasteiger partial charge on any atom is 0.191 e. The molecule has 0 aliphatic carbocycles. The van der Waals surface area contributed by atoms with Crippen molar-refractivity contribution in [1.82, 2.24) is 0 Å². The van der Waals surface area contributed by atoms with Crippen molar-refractivity contribution in [2.45, 2.75) is 26.7 Å². The van der Waals surface area contributed by atoms with Crippen molar-refractivity contribution in [3.8, 4) is 0 Å². The van der Waals surface area contributed by atoms with Gasteiger partial charge in [0, 0.05) is 11.7 Å².